The summed E-state index contributed by atoms with van der Waals surface area (Å²) in [6.07, 6.45) is 3.05. The molecule has 1 heterocycles. The Morgan fingerprint density at radius 1 is 1.57 bits per heavy atom. The van der Waals surface area contributed by atoms with E-state index in [4.69, 9.17) is 5.11 Å². The molecule has 4 heteroatoms. The lowest BCUT2D eigenvalue weighted by Gasteiger charge is -2.37. The Labute approximate surface area is 84.5 Å². The second kappa shape index (κ2) is 5.32. The van der Waals surface area contributed by atoms with E-state index in [9.17, 15) is 9.90 Å². The number of likely N-dealkylation sites (tertiary alicyclic amines) is 1. The Balaban J connectivity index is 2.41. The van der Waals surface area contributed by atoms with E-state index in [0.29, 0.717) is 6.54 Å². The van der Waals surface area contributed by atoms with Gasteiger partial charge in [0.25, 0.3) is 0 Å². The van der Waals surface area contributed by atoms with E-state index in [1.165, 1.54) is 0 Å². The first kappa shape index (κ1) is 11.5. The molecule has 1 aliphatic heterocycles. The molecule has 0 amide bonds. The molecule has 14 heavy (non-hydrogen) atoms. The lowest BCUT2D eigenvalue weighted by atomic mass is 9.98. The highest BCUT2D eigenvalue weighted by Crippen LogP contribution is 2.19. The largest absolute Gasteiger partial charge is 0.481 e. The summed E-state index contributed by atoms with van der Waals surface area (Å²) in [6.45, 7) is 3.26. The monoisotopic (exact) mass is 201 g/mol. The molecule has 0 radical (unpaired) electrons. The van der Waals surface area contributed by atoms with Crippen LogP contribution in [0.1, 0.15) is 32.6 Å². The molecule has 4 nitrogen and oxygen atoms in total. The van der Waals surface area contributed by atoms with Crippen LogP contribution in [0.25, 0.3) is 0 Å². The van der Waals surface area contributed by atoms with E-state index in [-0.39, 0.29) is 18.6 Å². The predicted molar refractivity (Wildman–Crippen MR) is 53.1 cm³/mol. The van der Waals surface area contributed by atoms with Gasteiger partial charge in [-0.2, -0.15) is 0 Å². The first-order valence-corrected chi connectivity index (χ1v) is 5.25. The van der Waals surface area contributed by atoms with Gasteiger partial charge in [-0.1, -0.05) is 6.42 Å². The topological polar surface area (TPSA) is 60.8 Å². The summed E-state index contributed by atoms with van der Waals surface area (Å²) in [7, 11) is 0. The molecule has 0 saturated carbocycles. The molecule has 2 atom stereocenters. The number of carbonyl (C=O) groups is 1. The highest BCUT2D eigenvalue weighted by molar-refractivity contribution is 5.66. The average molecular weight is 201 g/mol. The number of carboxylic acids is 1. The lowest BCUT2D eigenvalue weighted by Crippen LogP contribution is -2.46. The van der Waals surface area contributed by atoms with Crippen LogP contribution in [-0.2, 0) is 4.79 Å². The fraction of sp³-hybridized carbons (Fsp3) is 0.900. The van der Waals surface area contributed by atoms with Gasteiger partial charge in [-0.05, 0) is 26.3 Å². The van der Waals surface area contributed by atoms with Crippen molar-refractivity contribution in [2.75, 3.05) is 13.1 Å². The molecule has 0 spiro atoms. The smallest absolute Gasteiger partial charge is 0.304 e. The van der Waals surface area contributed by atoms with E-state index < -0.39 is 5.97 Å². The first-order valence-electron chi connectivity index (χ1n) is 5.25. The molecule has 0 aromatic heterocycles. The first-order chi connectivity index (χ1) is 6.61. The maximum Gasteiger partial charge on any atom is 0.304 e. The summed E-state index contributed by atoms with van der Waals surface area (Å²) in [5.41, 5.74) is 0. The van der Waals surface area contributed by atoms with Gasteiger partial charge in [0.2, 0.25) is 0 Å². The fourth-order valence-electron chi connectivity index (χ4n) is 2.08. The third-order valence-electron chi connectivity index (χ3n) is 2.83. The van der Waals surface area contributed by atoms with Crippen molar-refractivity contribution in [3.63, 3.8) is 0 Å². The van der Waals surface area contributed by atoms with Crippen LogP contribution in [0.5, 0.6) is 0 Å². The normalized spacial score (nSPS) is 26.0. The number of carboxylic acid groups (broad SMARTS) is 1. The van der Waals surface area contributed by atoms with Gasteiger partial charge in [-0.3, -0.25) is 9.69 Å². The SMILES string of the molecule is C[C@@H](O)[C@@H]1CCCCN1CCC(=O)O. The molecule has 0 unspecified atom stereocenters. The van der Waals surface area contributed by atoms with Crippen molar-refractivity contribution >= 4 is 5.97 Å². The third-order valence-corrected chi connectivity index (χ3v) is 2.83. The van der Waals surface area contributed by atoms with Crippen LogP contribution < -0.4 is 0 Å². The summed E-state index contributed by atoms with van der Waals surface area (Å²) in [4.78, 5) is 12.5. The van der Waals surface area contributed by atoms with Gasteiger partial charge in [0.1, 0.15) is 0 Å². The second-order valence-corrected chi connectivity index (χ2v) is 3.98. The molecule has 0 bridgehead atoms. The van der Waals surface area contributed by atoms with Crippen LogP contribution in [0.3, 0.4) is 0 Å². The fourth-order valence-corrected chi connectivity index (χ4v) is 2.08. The van der Waals surface area contributed by atoms with E-state index in [2.05, 4.69) is 4.90 Å². The zero-order valence-electron chi connectivity index (χ0n) is 8.65. The standard InChI is InChI=1S/C10H19NO3/c1-8(12)9-4-2-3-6-11(9)7-5-10(13)14/h8-9,12H,2-7H2,1H3,(H,13,14)/t8-,9+/m1/s1. The number of hydrogen-bond donors (Lipinski definition) is 2. The molecule has 1 aliphatic rings. The van der Waals surface area contributed by atoms with Crippen LogP contribution in [0.2, 0.25) is 0 Å². The number of aliphatic hydroxyl groups is 1. The minimum absolute atomic E-state index is 0.156. The van der Waals surface area contributed by atoms with Gasteiger partial charge in [-0.15, -0.1) is 0 Å². The minimum atomic E-state index is -0.764. The van der Waals surface area contributed by atoms with Crippen LogP contribution in [-0.4, -0.2) is 46.3 Å². The highest BCUT2D eigenvalue weighted by Gasteiger charge is 2.25. The number of aliphatic hydroxyl groups excluding tert-OH is 1. The van der Waals surface area contributed by atoms with Crippen molar-refractivity contribution in [3.8, 4) is 0 Å². The molecule has 0 aliphatic carbocycles. The van der Waals surface area contributed by atoms with Gasteiger partial charge in [-0.25, -0.2) is 0 Å². The van der Waals surface area contributed by atoms with E-state index in [0.717, 1.165) is 25.8 Å². The van der Waals surface area contributed by atoms with Crippen molar-refractivity contribution in [3.05, 3.63) is 0 Å². The van der Waals surface area contributed by atoms with Gasteiger partial charge in [0.15, 0.2) is 0 Å². The molecule has 1 saturated heterocycles. The molecule has 0 aromatic carbocycles. The summed E-state index contributed by atoms with van der Waals surface area (Å²) in [6, 6.07) is 0.156. The van der Waals surface area contributed by atoms with Gasteiger partial charge in [0.05, 0.1) is 12.5 Å². The maximum absolute atomic E-state index is 10.4. The van der Waals surface area contributed by atoms with Crippen LogP contribution in [0.15, 0.2) is 0 Å². The molecular formula is C10H19NO3. The molecule has 0 aromatic rings. The average Bonchev–Trinajstić information content (AvgIpc) is 2.15. The van der Waals surface area contributed by atoms with Crippen LogP contribution in [0, 0.1) is 0 Å². The molecule has 2 N–H and O–H groups in total. The molecule has 1 fully saturated rings. The zero-order chi connectivity index (χ0) is 10.6. The van der Waals surface area contributed by atoms with E-state index in [1.54, 1.807) is 6.92 Å². The number of nitrogens with zero attached hydrogens (tertiary/aromatic N) is 1. The number of hydrogen-bond acceptors (Lipinski definition) is 3. The maximum atomic E-state index is 10.4. The van der Waals surface area contributed by atoms with Crippen LogP contribution >= 0.6 is 0 Å². The Kier molecular flexibility index (Phi) is 4.35. The Bertz CT molecular complexity index is 194. The van der Waals surface area contributed by atoms with Gasteiger partial charge in [0, 0.05) is 12.6 Å². The zero-order valence-corrected chi connectivity index (χ0v) is 8.65. The van der Waals surface area contributed by atoms with E-state index in [1.807, 2.05) is 0 Å². The summed E-state index contributed by atoms with van der Waals surface area (Å²) < 4.78 is 0. The van der Waals surface area contributed by atoms with Gasteiger partial charge < -0.3 is 10.2 Å². The van der Waals surface area contributed by atoms with Crippen LogP contribution in [0.4, 0.5) is 0 Å². The number of piperidine rings is 1. The Morgan fingerprint density at radius 3 is 2.86 bits per heavy atom. The van der Waals surface area contributed by atoms with Gasteiger partial charge >= 0.3 is 5.97 Å². The molecule has 82 valence electrons. The minimum Gasteiger partial charge on any atom is -0.481 e. The van der Waals surface area contributed by atoms with Crippen molar-refractivity contribution in [1.82, 2.24) is 4.90 Å². The predicted octanol–water partition coefficient (Wildman–Crippen LogP) is 0.696. The molecule has 1 rings (SSSR count). The van der Waals surface area contributed by atoms with Crippen molar-refractivity contribution < 1.29 is 15.0 Å². The highest BCUT2D eigenvalue weighted by atomic mass is 16.4. The van der Waals surface area contributed by atoms with Crippen molar-refractivity contribution in [2.45, 2.75) is 44.8 Å². The Hall–Kier alpha value is -0.610. The number of aliphatic carboxylic acids is 1. The summed E-state index contributed by atoms with van der Waals surface area (Å²) >= 11 is 0. The quantitative estimate of drug-likeness (QED) is 0.702. The summed E-state index contributed by atoms with van der Waals surface area (Å²) in [5, 5.41) is 18.1. The van der Waals surface area contributed by atoms with E-state index >= 15 is 0 Å². The third kappa shape index (κ3) is 3.27. The lowest BCUT2D eigenvalue weighted by molar-refractivity contribution is -0.137. The van der Waals surface area contributed by atoms with Crippen molar-refractivity contribution in [1.29, 1.82) is 0 Å². The number of rotatable bonds is 4. The second-order valence-electron chi connectivity index (χ2n) is 3.98. The molecular weight excluding hydrogens is 182 g/mol. The van der Waals surface area contributed by atoms with Crippen molar-refractivity contribution in [2.24, 2.45) is 0 Å². The Morgan fingerprint density at radius 2 is 2.29 bits per heavy atom. The summed E-state index contributed by atoms with van der Waals surface area (Å²) in [5.74, 6) is -0.764.